The van der Waals surface area contributed by atoms with Crippen LogP contribution in [0.4, 0.5) is 85.3 Å². The van der Waals surface area contributed by atoms with E-state index in [1.54, 1.807) is 6.08 Å². The largest absolute Gasteiger partial charge is 0.456 e. The van der Waals surface area contributed by atoms with Gasteiger partial charge >= 0.3 is 0 Å². The number of hydrogen-bond donors (Lipinski definition) is 0. The summed E-state index contributed by atoms with van der Waals surface area (Å²) in [5.41, 5.74) is 42.0. The van der Waals surface area contributed by atoms with Gasteiger partial charge in [-0.3, -0.25) is 0 Å². The van der Waals surface area contributed by atoms with E-state index < -0.39 is 0 Å². The highest BCUT2D eigenvalue weighted by molar-refractivity contribution is 7.25. The lowest BCUT2D eigenvalue weighted by Crippen LogP contribution is -2.24. The highest BCUT2D eigenvalue weighted by atomic mass is 32.1. The smallest absolute Gasteiger partial charge is 0.137 e. The zero-order valence-electron chi connectivity index (χ0n) is 82.8. The Morgan fingerprint density at radius 3 is 1.51 bits per heavy atom. The van der Waals surface area contributed by atoms with Crippen LogP contribution in [0.2, 0.25) is 0 Å². The molecule has 0 atom stereocenters. The Hall–Kier alpha value is -18.9. The third-order valence-electron chi connectivity index (χ3n) is 29.4. The lowest BCUT2D eigenvalue weighted by Gasteiger charge is -2.39. The topological polar surface area (TPSA) is 32.6 Å². The maximum Gasteiger partial charge on any atom is 0.137 e. The predicted molar refractivity (Wildman–Crippen MR) is 634 cm³/mol. The number of para-hydroxylation sites is 4. The molecule has 21 aromatic carbocycles. The van der Waals surface area contributed by atoms with Gasteiger partial charge in [-0.25, -0.2) is 0 Å². The van der Waals surface area contributed by atoms with Crippen molar-refractivity contribution in [3.63, 3.8) is 0 Å². The number of nitrogens with zero attached hydrogens (tertiary/aromatic N) is 6. The van der Waals surface area contributed by atoms with Crippen LogP contribution in [0.5, 0.6) is 0 Å². The molecule has 8 heteroatoms. The molecule has 5 heterocycles. The monoisotopic (exact) mass is 1930 g/mol. The van der Waals surface area contributed by atoms with Gasteiger partial charge in [-0.05, 0) is 266 Å². The van der Waals surface area contributed by atoms with Gasteiger partial charge < -0.3 is 33.8 Å². The number of benzene rings is 21. The Morgan fingerprint density at radius 1 is 0.336 bits per heavy atom. The molecule has 0 saturated carbocycles. The molecular weight excluding hydrogens is 1830 g/mol. The normalized spacial score (nSPS) is 13.3. The Balaban J connectivity index is 0.000000113. The first-order valence-corrected chi connectivity index (χ1v) is 51.9. The molecule has 2 bridgehead atoms. The van der Waals surface area contributed by atoms with Crippen LogP contribution in [-0.2, 0) is 11.8 Å². The summed E-state index contributed by atoms with van der Waals surface area (Å²) >= 11 is 1.84. The lowest BCUT2D eigenvalue weighted by molar-refractivity contribution is 0.660. The van der Waals surface area contributed by atoms with Crippen molar-refractivity contribution in [2.75, 3.05) is 29.4 Å². The number of furan rings is 1. The van der Waals surface area contributed by atoms with Crippen molar-refractivity contribution >= 4 is 161 Å². The van der Waals surface area contributed by atoms with E-state index in [2.05, 4.69) is 536 Å². The second kappa shape index (κ2) is 39.7. The minimum atomic E-state index is -0.110. The van der Waals surface area contributed by atoms with Crippen molar-refractivity contribution < 1.29 is 4.42 Å². The van der Waals surface area contributed by atoms with Crippen LogP contribution in [0.25, 0.3) is 131 Å². The van der Waals surface area contributed by atoms with Crippen molar-refractivity contribution in [3.05, 3.63) is 587 Å². The molecule has 23 aromatic rings. The SMILES string of the molecule is C1=C2c3c(cccc3-c3ccc(N(c4ccc(-c5ccccc5)cc4)c4ccc5c(c4)oc4ccccc45)cc3N2c2ccccc2)CC1.C=C/C=C\C(=C)N1c2cc(N(c3ccccc3)c3ccc4sc5ccccc5c4c3)ccc2-c2cccc3cccc1c23.CC1(C)c2ccccc2-c2ccc(N(c3ccc(-c4ccccc4)cc3)c3ccc4c(c3)N(c3ccccc3)/C=C/C=C\c3cccc-4c3)cc21.c1ccccc1. The van der Waals surface area contributed by atoms with Crippen LogP contribution in [0, 0.1) is 0 Å². The maximum absolute atomic E-state index is 6.40. The van der Waals surface area contributed by atoms with Crippen LogP contribution >= 0.6 is 11.3 Å². The number of rotatable bonds is 16. The standard InChI is InChI=1S/C49H38N2.C46H32N2O.C40H28N2S.C6H6/c1-49(2)46-22-10-9-21-44(46)45-30-28-41(33-47(45)49)51(40-25-23-37(24-26-40)36-16-5-3-6-17-36)42-27-29-43-38-18-13-15-35(32-38)14-11-12-31-50(48(43)34-42)39-19-7-4-8-20-39;1-3-11-31(12-4-1)32-21-23-35(24-22-32)47(37-26-28-40-39-17-7-8-20-44(39)49-45(40)30-37)36-25-27-38-41-18-9-13-33-14-10-19-42(46(33)41)48(43(38)29-36)34-15-5-2-6-16-34;1-3-4-12-27(2)41-36-19-11-14-28-13-10-18-34(40(28)36)32-23-21-31(26-37(32)41)42(29-15-6-5-7-16-29)30-22-24-39-35(25-30)33-17-8-9-20-38(33)43-39;1-2-4-6-5-3-1/h3-34H,1-2H3;1-9,11-13,15-30H,10,14H2;3-26H,1-2H2;1-6H/b14-11-,31-12+;;12-4-;. The molecule has 0 unspecified atom stereocenters. The molecule has 0 radical (unpaired) electrons. The number of anilines is 15. The number of aryl methyl sites for hydroxylation is 1. The fourth-order valence-electron chi connectivity index (χ4n) is 22.4. The van der Waals surface area contributed by atoms with Gasteiger partial charge in [-0.2, -0.15) is 0 Å². The summed E-state index contributed by atoms with van der Waals surface area (Å²) in [7, 11) is 0. The van der Waals surface area contributed by atoms with Gasteiger partial charge in [-0.15, -0.1) is 11.3 Å². The average Bonchev–Trinajstić information content (AvgIpc) is 1.37. The molecule has 0 fully saturated rings. The second-order valence-corrected chi connectivity index (χ2v) is 39.7. The summed E-state index contributed by atoms with van der Waals surface area (Å²) in [6.45, 7) is 13.1. The Labute approximate surface area is 874 Å². The van der Waals surface area contributed by atoms with E-state index in [-0.39, 0.29) is 5.41 Å². The van der Waals surface area contributed by atoms with Crippen molar-refractivity contribution in [1.82, 2.24) is 0 Å². The fraction of sp³-hybridized carbons (Fsp3) is 0.0355. The zero-order chi connectivity index (χ0) is 99.8. The summed E-state index contributed by atoms with van der Waals surface area (Å²) < 4.78 is 9.01. The minimum absolute atomic E-state index is 0.110. The Bertz CT molecular complexity index is 9130. The fourth-order valence-corrected chi connectivity index (χ4v) is 23.5. The first-order valence-electron chi connectivity index (χ1n) is 51.1. The number of fused-ring (bicyclic) bond motifs is 17. The van der Waals surface area contributed by atoms with Crippen LogP contribution in [-0.4, -0.2) is 0 Å². The molecular formula is C141H104N6OS. The van der Waals surface area contributed by atoms with Gasteiger partial charge in [0, 0.05) is 145 Å². The summed E-state index contributed by atoms with van der Waals surface area (Å²) in [6, 6.07) is 179. The van der Waals surface area contributed by atoms with Crippen molar-refractivity contribution in [2.24, 2.45) is 0 Å². The quantitative estimate of drug-likeness (QED) is 0.0892. The molecule has 2 aliphatic carbocycles. The summed E-state index contributed by atoms with van der Waals surface area (Å²) in [5, 5.41) is 7.29. The summed E-state index contributed by atoms with van der Waals surface area (Å²) in [4.78, 5) is 14.2. The maximum atomic E-state index is 6.40. The van der Waals surface area contributed by atoms with Gasteiger partial charge in [0.1, 0.15) is 11.2 Å². The van der Waals surface area contributed by atoms with Crippen LogP contribution in [0.1, 0.15) is 48.1 Å². The molecule has 710 valence electrons. The predicted octanol–water partition coefficient (Wildman–Crippen LogP) is 40.0. The van der Waals surface area contributed by atoms with Crippen LogP contribution in [0.3, 0.4) is 0 Å². The van der Waals surface area contributed by atoms with Gasteiger partial charge in [-0.1, -0.05) is 385 Å². The Morgan fingerprint density at radius 2 is 0.819 bits per heavy atom. The molecule has 0 saturated heterocycles. The summed E-state index contributed by atoms with van der Waals surface area (Å²) in [5.74, 6) is 0. The van der Waals surface area contributed by atoms with E-state index >= 15 is 0 Å². The highest BCUT2D eigenvalue weighted by Gasteiger charge is 2.38. The van der Waals surface area contributed by atoms with E-state index in [1.165, 1.54) is 137 Å². The molecule has 28 rings (SSSR count). The Kier molecular flexibility index (Phi) is 24.3. The molecule has 0 amide bonds. The zero-order valence-corrected chi connectivity index (χ0v) is 83.6. The van der Waals surface area contributed by atoms with E-state index in [0.29, 0.717) is 0 Å². The van der Waals surface area contributed by atoms with Gasteiger partial charge in [0.05, 0.1) is 28.4 Å². The van der Waals surface area contributed by atoms with E-state index in [9.17, 15) is 0 Å². The summed E-state index contributed by atoms with van der Waals surface area (Å²) in [6.07, 6.45) is 18.9. The van der Waals surface area contributed by atoms with Crippen LogP contribution < -0.4 is 29.4 Å². The second-order valence-electron chi connectivity index (χ2n) is 38.7. The molecule has 149 heavy (non-hydrogen) atoms. The van der Waals surface area contributed by atoms with Crippen LogP contribution in [0.15, 0.2) is 563 Å². The first kappa shape index (κ1) is 91.3. The molecule has 3 aliphatic heterocycles. The molecule has 0 spiro atoms. The number of thiophene rings is 1. The van der Waals surface area contributed by atoms with Gasteiger partial charge in [0.15, 0.2) is 0 Å². The van der Waals surface area contributed by atoms with Crippen molar-refractivity contribution in [3.8, 4) is 66.8 Å². The van der Waals surface area contributed by atoms with Gasteiger partial charge in [0.25, 0.3) is 0 Å². The third-order valence-corrected chi connectivity index (χ3v) is 30.5. The lowest BCUT2D eigenvalue weighted by atomic mass is 9.82. The highest BCUT2D eigenvalue weighted by Crippen LogP contribution is 2.58. The molecule has 5 aliphatic rings. The molecule has 2 aromatic heterocycles. The first-order chi connectivity index (χ1) is 73.5. The molecule has 7 nitrogen and oxygen atoms in total. The van der Waals surface area contributed by atoms with E-state index in [0.717, 1.165) is 120 Å². The number of hydrogen-bond acceptors (Lipinski definition) is 8. The van der Waals surface area contributed by atoms with Gasteiger partial charge in [0.2, 0.25) is 0 Å². The number of allylic oxidation sites excluding steroid dienone is 6. The van der Waals surface area contributed by atoms with E-state index in [4.69, 9.17) is 4.42 Å². The van der Waals surface area contributed by atoms with Crippen molar-refractivity contribution in [1.29, 1.82) is 0 Å². The minimum Gasteiger partial charge on any atom is -0.456 e. The average molecular weight is 1930 g/mol. The molecule has 0 N–H and O–H groups in total. The van der Waals surface area contributed by atoms with Crippen molar-refractivity contribution in [2.45, 2.75) is 32.1 Å². The third kappa shape index (κ3) is 17.3. The van der Waals surface area contributed by atoms with E-state index in [1.807, 2.05) is 72.0 Å².